The van der Waals surface area contributed by atoms with E-state index in [9.17, 15) is 51.9 Å². The zero-order chi connectivity index (χ0) is 29.5. The molecule has 2 heterocycles. The van der Waals surface area contributed by atoms with Crippen LogP contribution in [0.3, 0.4) is 0 Å². The Hall–Kier alpha value is -3.50. The molecule has 0 saturated carbocycles. The van der Waals surface area contributed by atoms with Crippen LogP contribution >= 0.6 is 0 Å². The SMILES string of the molecule is O=S(=O)(O)C1=CC(c2nc3ccccc3[nH]2)=CC(S(=O)(=O)O)(S(=O)(=O)O)C1c1nc2cc(S(=O)(=O)O)ccc2[nH]1. The van der Waals surface area contributed by atoms with E-state index in [2.05, 4.69) is 19.9 Å². The Morgan fingerprint density at radius 1 is 0.725 bits per heavy atom. The van der Waals surface area contributed by atoms with E-state index in [1.807, 2.05) is 0 Å². The van der Waals surface area contributed by atoms with E-state index >= 15 is 0 Å². The first-order chi connectivity index (χ1) is 18.3. The van der Waals surface area contributed by atoms with Gasteiger partial charge in [-0.3, -0.25) is 18.2 Å². The lowest BCUT2D eigenvalue weighted by atomic mass is 9.94. The lowest BCUT2D eigenvalue weighted by Crippen LogP contribution is -2.52. The number of benzene rings is 2. The molecule has 1 aliphatic rings. The minimum Gasteiger partial charge on any atom is -0.341 e. The lowest BCUT2D eigenvalue weighted by Gasteiger charge is -2.35. The molecule has 0 aliphatic heterocycles. The first-order valence-corrected chi connectivity index (χ1v) is 16.4. The summed E-state index contributed by atoms with van der Waals surface area (Å²) in [6, 6.07) is 8.98. The zero-order valence-corrected chi connectivity index (χ0v) is 22.6. The Kier molecular flexibility index (Phi) is 6.13. The highest BCUT2D eigenvalue weighted by atomic mass is 32.3. The van der Waals surface area contributed by atoms with Crippen LogP contribution in [0.2, 0.25) is 0 Å². The number of allylic oxidation sites excluding steroid dienone is 3. The monoisotopic (exact) mass is 632 g/mol. The third-order valence-electron chi connectivity index (χ3n) is 6.15. The van der Waals surface area contributed by atoms with Crippen LogP contribution in [0.4, 0.5) is 0 Å². The Bertz CT molecular complexity index is 2160. The molecule has 4 aromatic rings. The summed E-state index contributed by atoms with van der Waals surface area (Å²) in [5.41, 5.74) is -0.354. The van der Waals surface area contributed by atoms with E-state index < -0.39 is 71.7 Å². The fraction of sp³-hybridized carbons (Fsp3) is 0.100. The fourth-order valence-electron chi connectivity index (χ4n) is 4.43. The molecule has 0 fully saturated rings. The molecule has 20 heteroatoms. The number of aromatic amines is 2. The van der Waals surface area contributed by atoms with Gasteiger partial charge in [-0.05, 0) is 42.5 Å². The molecule has 5 rings (SSSR count). The summed E-state index contributed by atoms with van der Waals surface area (Å²) in [4.78, 5) is 11.1. The molecule has 40 heavy (non-hydrogen) atoms. The largest absolute Gasteiger partial charge is 0.341 e. The summed E-state index contributed by atoms with van der Waals surface area (Å²) in [5, 5.41) is 0. The smallest absolute Gasteiger partial charge is 0.294 e. The number of nitrogens with one attached hydrogen (secondary N) is 2. The molecule has 212 valence electrons. The Morgan fingerprint density at radius 3 is 1.93 bits per heavy atom. The van der Waals surface area contributed by atoms with Gasteiger partial charge in [0.2, 0.25) is 0 Å². The molecule has 1 atom stereocenters. The van der Waals surface area contributed by atoms with Crippen LogP contribution in [0.15, 0.2) is 64.4 Å². The molecule has 2 aromatic carbocycles. The second-order valence-electron chi connectivity index (χ2n) is 8.60. The van der Waals surface area contributed by atoms with Crippen molar-refractivity contribution < 1.29 is 51.9 Å². The van der Waals surface area contributed by atoms with Crippen LogP contribution in [-0.4, -0.2) is 75.9 Å². The van der Waals surface area contributed by atoms with Gasteiger partial charge in [-0.2, -0.15) is 33.7 Å². The van der Waals surface area contributed by atoms with Gasteiger partial charge in [-0.1, -0.05) is 12.1 Å². The molecule has 1 aliphatic carbocycles. The van der Waals surface area contributed by atoms with Crippen LogP contribution in [0.25, 0.3) is 27.6 Å². The van der Waals surface area contributed by atoms with Crippen LogP contribution in [0.5, 0.6) is 0 Å². The number of nitrogens with zero attached hydrogens (tertiary/aromatic N) is 2. The van der Waals surface area contributed by atoms with E-state index in [-0.39, 0.29) is 16.9 Å². The van der Waals surface area contributed by atoms with Crippen molar-refractivity contribution in [2.45, 2.75) is 14.9 Å². The van der Waals surface area contributed by atoms with Crippen molar-refractivity contribution in [1.82, 2.24) is 19.9 Å². The standard InChI is InChI=1S/C20H16N4O12S4/c25-37(26,27)11-5-6-14-15(8-11)24-19(23-14)17-16(38(28,29)30)7-10(9-20(17,39(31,32)33)40(34,35)36)18-21-12-3-1-2-4-13(12)22-18/h1-9,17H,(H,21,22)(H,23,24)(H,25,26,27)(H,28,29,30)(H,31,32,33)(H,34,35,36). The molecule has 0 radical (unpaired) electrons. The maximum atomic E-state index is 12.8. The highest BCUT2D eigenvalue weighted by Gasteiger charge is 2.64. The minimum absolute atomic E-state index is 0.108. The molecule has 0 saturated heterocycles. The molecule has 2 aromatic heterocycles. The number of imidazole rings is 2. The second-order valence-corrected chi connectivity index (χ2v) is 15.0. The average molecular weight is 633 g/mol. The van der Waals surface area contributed by atoms with Gasteiger partial charge in [0.25, 0.3) is 44.6 Å². The highest BCUT2D eigenvalue weighted by molar-refractivity contribution is 8.05. The maximum Gasteiger partial charge on any atom is 0.294 e. The summed E-state index contributed by atoms with van der Waals surface area (Å²) in [5.74, 6) is -3.80. The topological polar surface area (TPSA) is 275 Å². The molecular formula is C20H16N4O12S4. The number of H-pyrrole nitrogens is 2. The number of hydrogen-bond acceptors (Lipinski definition) is 10. The van der Waals surface area contributed by atoms with Crippen molar-refractivity contribution in [3.05, 3.63) is 71.2 Å². The van der Waals surface area contributed by atoms with Crippen molar-refractivity contribution in [1.29, 1.82) is 0 Å². The van der Waals surface area contributed by atoms with E-state index in [0.717, 1.165) is 18.2 Å². The summed E-state index contributed by atoms with van der Waals surface area (Å²) in [7, 11) is -22.4. The van der Waals surface area contributed by atoms with Crippen molar-refractivity contribution in [3.63, 3.8) is 0 Å². The Morgan fingerprint density at radius 2 is 1.35 bits per heavy atom. The molecule has 16 nitrogen and oxygen atoms in total. The number of fused-ring (bicyclic) bond motifs is 2. The van der Waals surface area contributed by atoms with E-state index in [0.29, 0.717) is 23.2 Å². The number of rotatable bonds is 6. The zero-order valence-electron chi connectivity index (χ0n) is 19.4. The third-order valence-corrected chi connectivity index (χ3v) is 11.5. The first-order valence-electron chi connectivity index (χ1n) is 10.6. The second kappa shape index (κ2) is 8.75. The Balaban J connectivity index is 1.88. The van der Waals surface area contributed by atoms with Crippen molar-refractivity contribution in [2.75, 3.05) is 0 Å². The number of hydrogen-bond donors (Lipinski definition) is 6. The van der Waals surface area contributed by atoms with Gasteiger partial charge in [0.05, 0.1) is 37.8 Å². The van der Waals surface area contributed by atoms with Gasteiger partial charge >= 0.3 is 0 Å². The molecule has 1 unspecified atom stereocenters. The number of aromatic nitrogens is 4. The summed E-state index contributed by atoms with van der Waals surface area (Å²) < 4.78 is 136. The van der Waals surface area contributed by atoms with Gasteiger partial charge in [-0.25, -0.2) is 9.97 Å². The fourth-order valence-corrected chi connectivity index (χ4v) is 8.64. The first kappa shape index (κ1) is 28.0. The number of para-hydroxylation sites is 2. The minimum atomic E-state index is -6.04. The highest BCUT2D eigenvalue weighted by Crippen LogP contribution is 2.50. The maximum absolute atomic E-state index is 12.8. The average Bonchev–Trinajstić information content (AvgIpc) is 3.44. The van der Waals surface area contributed by atoms with Crippen LogP contribution in [0.1, 0.15) is 17.6 Å². The summed E-state index contributed by atoms with van der Waals surface area (Å²) in [6.45, 7) is 0. The van der Waals surface area contributed by atoms with Gasteiger partial charge in [0.1, 0.15) is 11.6 Å². The summed E-state index contributed by atoms with van der Waals surface area (Å²) >= 11 is 0. The van der Waals surface area contributed by atoms with Crippen LogP contribution < -0.4 is 0 Å². The Labute approximate surface area is 225 Å². The van der Waals surface area contributed by atoms with Crippen LogP contribution in [-0.2, 0) is 40.5 Å². The molecule has 6 N–H and O–H groups in total. The van der Waals surface area contributed by atoms with Gasteiger partial charge in [-0.15, -0.1) is 0 Å². The van der Waals surface area contributed by atoms with E-state index in [4.69, 9.17) is 0 Å². The quantitative estimate of drug-likeness (QED) is 0.163. The molecule has 0 amide bonds. The van der Waals surface area contributed by atoms with Crippen molar-refractivity contribution in [2.24, 2.45) is 0 Å². The molecule has 0 spiro atoms. The van der Waals surface area contributed by atoms with Crippen molar-refractivity contribution >= 4 is 68.1 Å². The third kappa shape index (κ3) is 4.43. The van der Waals surface area contributed by atoms with Crippen molar-refractivity contribution in [3.8, 4) is 0 Å². The summed E-state index contributed by atoms with van der Waals surface area (Å²) in [6.07, 6.45) is 1.01. The van der Waals surface area contributed by atoms with E-state index in [1.165, 1.54) is 6.07 Å². The predicted octanol–water partition coefficient (Wildman–Crippen LogP) is 1.11. The van der Waals surface area contributed by atoms with Gasteiger partial charge < -0.3 is 9.97 Å². The lowest BCUT2D eigenvalue weighted by molar-refractivity contribution is 0.423. The molecular weight excluding hydrogens is 617 g/mol. The molecule has 0 bridgehead atoms. The van der Waals surface area contributed by atoms with Crippen LogP contribution in [0, 0.1) is 0 Å². The van der Waals surface area contributed by atoms with Gasteiger partial charge in [0, 0.05) is 5.57 Å². The van der Waals surface area contributed by atoms with Gasteiger partial charge in [0.15, 0.2) is 0 Å². The normalized spacial score (nSPS) is 18.6. The van der Waals surface area contributed by atoms with E-state index in [1.54, 1.807) is 18.2 Å². The predicted molar refractivity (Wildman–Crippen MR) is 138 cm³/mol.